The highest BCUT2D eigenvalue weighted by Gasteiger charge is 2.50. The second-order valence-electron chi connectivity index (χ2n) is 9.85. The summed E-state index contributed by atoms with van der Waals surface area (Å²) < 4.78 is 0. The van der Waals surface area contributed by atoms with Gasteiger partial charge in [-0.2, -0.15) is 0 Å². The molecule has 0 amide bonds. The van der Waals surface area contributed by atoms with Crippen molar-refractivity contribution in [3.8, 4) is 0 Å². The van der Waals surface area contributed by atoms with Crippen LogP contribution in [0.3, 0.4) is 0 Å². The van der Waals surface area contributed by atoms with E-state index in [-0.39, 0.29) is 0 Å². The predicted molar refractivity (Wildman–Crippen MR) is 89.9 cm³/mol. The van der Waals surface area contributed by atoms with Crippen molar-refractivity contribution in [3.63, 3.8) is 0 Å². The van der Waals surface area contributed by atoms with E-state index in [2.05, 4.69) is 27.7 Å². The molecule has 21 heavy (non-hydrogen) atoms. The molecule has 0 saturated heterocycles. The van der Waals surface area contributed by atoms with Crippen LogP contribution in [0.5, 0.6) is 0 Å². The zero-order valence-electron chi connectivity index (χ0n) is 14.7. The topological polar surface area (TPSA) is 0 Å². The van der Waals surface area contributed by atoms with Crippen molar-refractivity contribution in [2.75, 3.05) is 0 Å². The molecule has 0 heteroatoms. The maximum absolute atomic E-state index is 2.61. The molecule has 0 radical (unpaired) electrons. The fourth-order valence-electron chi connectivity index (χ4n) is 7.09. The van der Waals surface area contributed by atoms with Crippen molar-refractivity contribution in [3.05, 3.63) is 0 Å². The van der Waals surface area contributed by atoms with Crippen LogP contribution < -0.4 is 0 Å². The molecule has 5 rings (SSSR count). The van der Waals surface area contributed by atoms with E-state index in [1.165, 1.54) is 6.42 Å². The Balaban J connectivity index is 1.44. The van der Waals surface area contributed by atoms with Gasteiger partial charge in [-0.3, -0.25) is 0 Å². The molecule has 0 N–H and O–H groups in total. The standard InChI is InChI=1S/C21H36/c1-12-7-15(4)21(18-10-17(12)11-18)19-6-5-16(8-13(19)2)20-9-14(20)3/h12-21H,5-11H2,1-4H3. The highest BCUT2D eigenvalue weighted by atomic mass is 14.5. The normalized spacial score (nSPS) is 60.0. The van der Waals surface area contributed by atoms with Gasteiger partial charge in [0.05, 0.1) is 0 Å². The van der Waals surface area contributed by atoms with Crippen molar-refractivity contribution in [2.45, 2.75) is 72.6 Å². The first kappa shape index (κ1) is 14.6. The SMILES string of the molecule is CC1CC(C)C(C2CCC(C3CC3C)CC2C)C2CC1C2. The van der Waals surface area contributed by atoms with E-state index in [1.54, 1.807) is 38.5 Å². The molecule has 8 atom stereocenters. The van der Waals surface area contributed by atoms with E-state index in [0.717, 1.165) is 59.2 Å². The summed E-state index contributed by atoms with van der Waals surface area (Å²) in [6.07, 6.45) is 10.9. The van der Waals surface area contributed by atoms with E-state index >= 15 is 0 Å². The lowest BCUT2D eigenvalue weighted by Gasteiger charge is -2.47. The minimum absolute atomic E-state index is 1.00. The average Bonchev–Trinajstić information content (AvgIpc) is 3.12. The molecule has 0 spiro atoms. The van der Waals surface area contributed by atoms with Crippen LogP contribution in [0.15, 0.2) is 0 Å². The molecule has 2 bridgehead atoms. The summed E-state index contributed by atoms with van der Waals surface area (Å²) in [7, 11) is 0. The van der Waals surface area contributed by atoms with Crippen molar-refractivity contribution in [1.82, 2.24) is 0 Å². The molecule has 120 valence electrons. The summed E-state index contributed by atoms with van der Waals surface area (Å²) in [6, 6.07) is 0. The largest absolute Gasteiger partial charge is 0.0622 e. The molecule has 0 heterocycles. The van der Waals surface area contributed by atoms with Crippen molar-refractivity contribution in [1.29, 1.82) is 0 Å². The Morgan fingerprint density at radius 2 is 1.14 bits per heavy atom. The van der Waals surface area contributed by atoms with Crippen molar-refractivity contribution >= 4 is 0 Å². The minimum Gasteiger partial charge on any atom is -0.0622 e. The predicted octanol–water partition coefficient (Wildman–Crippen LogP) is 6.01. The van der Waals surface area contributed by atoms with Gasteiger partial charge < -0.3 is 0 Å². The van der Waals surface area contributed by atoms with E-state index in [9.17, 15) is 0 Å². The summed E-state index contributed by atoms with van der Waals surface area (Å²) in [5.74, 6) is 10.7. The molecule has 0 aliphatic heterocycles. The van der Waals surface area contributed by atoms with Crippen LogP contribution in [0.4, 0.5) is 0 Å². The highest BCUT2D eigenvalue weighted by molar-refractivity contribution is 4.99. The minimum atomic E-state index is 1.00. The van der Waals surface area contributed by atoms with Crippen LogP contribution in [0.2, 0.25) is 0 Å². The highest BCUT2D eigenvalue weighted by Crippen LogP contribution is 2.58. The Labute approximate surface area is 132 Å². The molecule has 0 aromatic heterocycles. The molecule has 5 aliphatic carbocycles. The van der Waals surface area contributed by atoms with Crippen molar-refractivity contribution in [2.24, 2.45) is 59.2 Å². The quantitative estimate of drug-likeness (QED) is 0.583. The zero-order valence-corrected chi connectivity index (χ0v) is 14.7. The van der Waals surface area contributed by atoms with E-state index in [0.29, 0.717) is 0 Å². The molecular weight excluding hydrogens is 252 g/mol. The van der Waals surface area contributed by atoms with Gasteiger partial charge in [0.1, 0.15) is 0 Å². The van der Waals surface area contributed by atoms with Crippen LogP contribution in [0.25, 0.3) is 0 Å². The van der Waals surface area contributed by atoms with Crippen LogP contribution in [-0.4, -0.2) is 0 Å². The monoisotopic (exact) mass is 288 g/mol. The number of hydrogen-bond acceptors (Lipinski definition) is 0. The van der Waals surface area contributed by atoms with Gasteiger partial charge in [0, 0.05) is 0 Å². The lowest BCUT2D eigenvalue weighted by molar-refractivity contribution is 0.0209. The van der Waals surface area contributed by atoms with Crippen LogP contribution >= 0.6 is 0 Å². The van der Waals surface area contributed by atoms with Gasteiger partial charge in [-0.1, -0.05) is 27.7 Å². The lowest BCUT2D eigenvalue weighted by Crippen LogP contribution is -2.39. The van der Waals surface area contributed by atoms with Crippen LogP contribution in [0, 0.1) is 59.2 Å². The zero-order chi connectivity index (χ0) is 14.7. The summed E-state index contributed by atoms with van der Waals surface area (Å²) in [5, 5.41) is 0. The molecule has 5 fully saturated rings. The summed E-state index contributed by atoms with van der Waals surface area (Å²) >= 11 is 0. The van der Waals surface area contributed by atoms with Gasteiger partial charge in [0.25, 0.3) is 0 Å². The fraction of sp³-hybridized carbons (Fsp3) is 1.00. The molecule has 0 aromatic rings. The molecule has 5 saturated carbocycles. The Kier molecular flexibility index (Phi) is 3.66. The van der Waals surface area contributed by atoms with E-state index in [4.69, 9.17) is 0 Å². The van der Waals surface area contributed by atoms with Gasteiger partial charge in [-0.05, 0) is 104 Å². The van der Waals surface area contributed by atoms with Gasteiger partial charge in [0.15, 0.2) is 0 Å². The fourth-order valence-corrected chi connectivity index (χ4v) is 7.09. The second kappa shape index (κ2) is 5.27. The third-order valence-electron chi connectivity index (χ3n) is 8.51. The average molecular weight is 289 g/mol. The summed E-state index contributed by atoms with van der Waals surface area (Å²) in [5.41, 5.74) is 0. The van der Waals surface area contributed by atoms with E-state index < -0.39 is 0 Å². The first-order chi connectivity index (χ1) is 10.0. The third kappa shape index (κ3) is 2.49. The van der Waals surface area contributed by atoms with Crippen LogP contribution in [0.1, 0.15) is 72.6 Å². The molecule has 0 aromatic carbocycles. The van der Waals surface area contributed by atoms with Gasteiger partial charge in [0.2, 0.25) is 0 Å². The number of fused-ring (bicyclic) bond motifs is 3. The first-order valence-electron chi connectivity index (χ1n) is 10.0. The van der Waals surface area contributed by atoms with Gasteiger partial charge >= 0.3 is 0 Å². The molecule has 5 aliphatic rings. The van der Waals surface area contributed by atoms with Gasteiger partial charge in [-0.25, -0.2) is 0 Å². The summed E-state index contributed by atoms with van der Waals surface area (Å²) in [4.78, 5) is 0. The number of hydrogen-bond donors (Lipinski definition) is 0. The Morgan fingerprint density at radius 1 is 0.476 bits per heavy atom. The maximum Gasteiger partial charge on any atom is -0.0329 e. The molecular formula is C21H36. The van der Waals surface area contributed by atoms with Crippen LogP contribution in [-0.2, 0) is 0 Å². The van der Waals surface area contributed by atoms with E-state index in [1.807, 2.05) is 0 Å². The third-order valence-corrected chi connectivity index (χ3v) is 8.51. The smallest absolute Gasteiger partial charge is 0.0329 e. The Hall–Kier alpha value is 0. The Morgan fingerprint density at radius 3 is 1.76 bits per heavy atom. The summed E-state index contributed by atoms with van der Waals surface area (Å²) in [6.45, 7) is 10.2. The maximum atomic E-state index is 2.61. The Bertz CT molecular complexity index is 379. The van der Waals surface area contributed by atoms with Gasteiger partial charge in [-0.15, -0.1) is 0 Å². The van der Waals surface area contributed by atoms with Crippen molar-refractivity contribution < 1.29 is 0 Å². The number of rotatable bonds is 2. The lowest BCUT2D eigenvalue weighted by atomic mass is 9.58. The second-order valence-corrected chi connectivity index (χ2v) is 9.85. The first-order valence-corrected chi connectivity index (χ1v) is 10.0. The molecule has 0 nitrogen and oxygen atoms in total. The molecule has 8 unspecified atom stereocenters.